The highest BCUT2D eigenvalue weighted by Gasteiger charge is 2.20. The maximum atomic E-state index is 12.1. The lowest BCUT2D eigenvalue weighted by Gasteiger charge is -2.23. The van der Waals surface area contributed by atoms with Crippen LogP contribution in [-0.2, 0) is 11.2 Å². The van der Waals surface area contributed by atoms with Gasteiger partial charge in [0.2, 0.25) is 5.91 Å². The summed E-state index contributed by atoms with van der Waals surface area (Å²) in [6.07, 6.45) is 2.11. The summed E-state index contributed by atoms with van der Waals surface area (Å²) in [7, 11) is 0. The van der Waals surface area contributed by atoms with Crippen LogP contribution in [0.1, 0.15) is 37.0 Å². The minimum absolute atomic E-state index is 0.00910. The van der Waals surface area contributed by atoms with Gasteiger partial charge in [-0.2, -0.15) is 0 Å². The first-order chi connectivity index (χ1) is 11.5. The highest BCUT2D eigenvalue weighted by molar-refractivity contribution is 5.92. The summed E-state index contributed by atoms with van der Waals surface area (Å²) >= 11 is 0. The molecule has 0 fully saturated rings. The average Bonchev–Trinajstić information content (AvgIpc) is 2.56. The second-order valence-electron chi connectivity index (χ2n) is 6.80. The van der Waals surface area contributed by atoms with Crippen LogP contribution in [0.4, 0.5) is 11.5 Å². The van der Waals surface area contributed by atoms with E-state index in [2.05, 4.69) is 42.7 Å². The van der Waals surface area contributed by atoms with Gasteiger partial charge in [0.1, 0.15) is 5.82 Å². The summed E-state index contributed by atoms with van der Waals surface area (Å²) in [6.45, 7) is 8.98. The van der Waals surface area contributed by atoms with Crippen molar-refractivity contribution < 1.29 is 4.79 Å². The molecule has 0 spiro atoms. The van der Waals surface area contributed by atoms with Crippen LogP contribution in [0.5, 0.6) is 0 Å². The molecule has 1 aliphatic heterocycles. The van der Waals surface area contributed by atoms with E-state index in [1.165, 1.54) is 16.7 Å². The molecule has 126 valence electrons. The molecule has 0 saturated carbocycles. The third-order valence-electron chi connectivity index (χ3n) is 4.68. The molecule has 1 aliphatic rings. The summed E-state index contributed by atoms with van der Waals surface area (Å²) < 4.78 is 0. The summed E-state index contributed by atoms with van der Waals surface area (Å²) in [5.41, 5.74) is 6.97. The summed E-state index contributed by atoms with van der Waals surface area (Å²) in [6, 6.07) is 8.27. The first kappa shape index (κ1) is 16.5. The van der Waals surface area contributed by atoms with Crippen LogP contribution in [0.3, 0.4) is 0 Å². The number of hydrogen-bond acceptors (Lipinski definition) is 3. The van der Waals surface area contributed by atoms with Crippen LogP contribution >= 0.6 is 0 Å². The molecule has 3 rings (SSSR count). The molecule has 0 atom stereocenters. The van der Waals surface area contributed by atoms with E-state index in [1.54, 1.807) is 0 Å². The lowest BCUT2D eigenvalue weighted by Crippen LogP contribution is -2.20. The van der Waals surface area contributed by atoms with Gasteiger partial charge in [-0.25, -0.2) is 4.98 Å². The Kier molecular flexibility index (Phi) is 4.56. The van der Waals surface area contributed by atoms with Crippen molar-refractivity contribution in [1.29, 1.82) is 0 Å². The molecular weight excluding hydrogens is 298 g/mol. The van der Waals surface area contributed by atoms with Crippen molar-refractivity contribution in [2.24, 2.45) is 5.92 Å². The molecule has 4 heteroatoms. The van der Waals surface area contributed by atoms with E-state index in [0.29, 0.717) is 5.82 Å². The van der Waals surface area contributed by atoms with Gasteiger partial charge >= 0.3 is 0 Å². The molecule has 2 heterocycles. The van der Waals surface area contributed by atoms with Crippen LogP contribution < -0.4 is 10.6 Å². The minimum atomic E-state index is -0.0695. The summed E-state index contributed by atoms with van der Waals surface area (Å²) in [5.74, 6) is 0.544. The Balaban J connectivity index is 2.13. The SMILES string of the molecule is Cc1cccc(-c2nc(NC(=O)C(C)C)cc3c2CCCN3)c1C. The predicted octanol–water partition coefficient (Wildman–Crippen LogP) is 4.32. The number of nitrogens with one attached hydrogen (secondary N) is 2. The molecule has 2 aromatic rings. The van der Waals surface area contributed by atoms with Gasteiger partial charge in [0.15, 0.2) is 0 Å². The lowest BCUT2D eigenvalue weighted by atomic mass is 9.93. The molecule has 0 radical (unpaired) electrons. The largest absolute Gasteiger partial charge is 0.385 e. The number of carbonyl (C=O) groups is 1. The Hall–Kier alpha value is -2.36. The predicted molar refractivity (Wildman–Crippen MR) is 99.4 cm³/mol. The van der Waals surface area contributed by atoms with Gasteiger partial charge in [0.25, 0.3) is 0 Å². The molecule has 0 unspecified atom stereocenters. The number of anilines is 2. The molecule has 0 bridgehead atoms. The number of pyridine rings is 1. The molecule has 2 N–H and O–H groups in total. The summed E-state index contributed by atoms with van der Waals surface area (Å²) in [5, 5.41) is 6.40. The van der Waals surface area contributed by atoms with Crippen LogP contribution in [0.2, 0.25) is 0 Å². The second-order valence-corrected chi connectivity index (χ2v) is 6.80. The van der Waals surface area contributed by atoms with Crippen LogP contribution in [0.15, 0.2) is 24.3 Å². The third-order valence-corrected chi connectivity index (χ3v) is 4.68. The fourth-order valence-electron chi connectivity index (χ4n) is 3.04. The van der Waals surface area contributed by atoms with E-state index in [1.807, 2.05) is 19.9 Å². The molecule has 1 aromatic heterocycles. The van der Waals surface area contributed by atoms with Crippen molar-refractivity contribution in [3.8, 4) is 11.3 Å². The zero-order valence-corrected chi connectivity index (χ0v) is 14.9. The van der Waals surface area contributed by atoms with E-state index >= 15 is 0 Å². The number of benzene rings is 1. The summed E-state index contributed by atoms with van der Waals surface area (Å²) in [4.78, 5) is 16.9. The number of carbonyl (C=O) groups excluding carboxylic acids is 1. The highest BCUT2D eigenvalue weighted by Crippen LogP contribution is 2.35. The van der Waals surface area contributed by atoms with E-state index in [9.17, 15) is 4.79 Å². The molecular formula is C20H25N3O. The molecule has 0 saturated heterocycles. The number of amides is 1. The lowest BCUT2D eigenvalue weighted by molar-refractivity contribution is -0.118. The minimum Gasteiger partial charge on any atom is -0.385 e. The molecule has 24 heavy (non-hydrogen) atoms. The van der Waals surface area contributed by atoms with E-state index in [-0.39, 0.29) is 11.8 Å². The van der Waals surface area contributed by atoms with Crippen LogP contribution in [0, 0.1) is 19.8 Å². The van der Waals surface area contributed by atoms with Gasteiger partial charge in [-0.3, -0.25) is 4.79 Å². The first-order valence-corrected chi connectivity index (χ1v) is 8.62. The highest BCUT2D eigenvalue weighted by atomic mass is 16.1. The smallest absolute Gasteiger partial charge is 0.228 e. The van der Waals surface area contributed by atoms with Gasteiger partial charge in [0, 0.05) is 35.3 Å². The first-order valence-electron chi connectivity index (χ1n) is 8.62. The standard InChI is InChI=1S/C20H25N3O/c1-12(2)20(24)23-18-11-17-16(9-6-10-21-17)19(22-18)15-8-5-7-13(3)14(15)4/h5,7-8,11-12,21H,6,9-10H2,1-4H3,(H,22,23,24). The number of fused-ring (bicyclic) bond motifs is 1. The fraction of sp³-hybridized carbons (Fsp3) is 0.400. The molecule has 4 nitrogen and oxygen atoms in total. The monoisotopic (exact) mass is 323 g/mol. The van der Waals surface area contributed by atoms with Crippen LogP contribution in [0.25, 0.3) is 11.3 Å². The Morgan fingerprint density at radius 1 is 1.29 bits per heavy atom. The number of aryl methyl sites for hydroxylation is 1. The van der Waals surface area contributed by atoms with Gasteiger partial charge in [-0.15, -0.1) is 0 Å². The van der Waals surface area contributed by atoms with Gasteiger partial charge < -0.3 is 10.6 Å². The Morgan fingerprint density at radius 3 is 2.83 bits per heavy atom. The van der Waals surface area contributed by atoms with Crippen LogP contribution in [-0.4, -0.2) is 17.4 Å². The van der Waals surface area contributed by atoms with E-state index < -0.39 is 0 Å². The molecule has 1 aromatic carbocycles. The van der Waals surface area contributed by atoms with Crippen molar-refractivity contribution in [3.63, 3.8) is 0 Å². The number of nitrogens with zero attached hydrogens (tertiary/aromatic N) is 1. The van der Waals surface area contributed by atoms with Crippen molar-refractivity contribution in [2.45, 2.75) is 40.5 Å². The zero-order chi connectivity index (χ0) is 17.3. The maximum absolute atomic E-state index is 12.1. The van der Waals surface area contributed by atoms with Crippen molar-refractivity contribution in [2.75, 3.05) is 17.2 Å². The third kappa shape index (κ3) is 3.14. The van der Waals surface area contributed by atoms with Gasteiger partial charge in [-0.1, -0.05) is 32.0 Å². The quantitative estimate of drug-likeness (QED) is 0.884. The average molecular weight is 323 g/mol. The van der Waals surface area contributed by atoms with E-state index in [0.717, 1.165) is 36.3 Å². The van der Waals surface area contributed by atoms with Crippen molar-refractivity contribution in [3.05, 3.63) is 41.0 Å². The number of aromatic nitrogens is 1. The normalized spacial score (nSPS) is 13.4. The molecule has 1 amide bonds. The van der Waals surface area contributed by atoms with Gasteiger partial charge in [-0.05, 0) is 37.8 Å². The van der Waals surface area contributed by atoms with Crippen molar-refractivity contribution in [1.82, 2.24) is 4.98 Å². The van der Waals surface area contributed by atoms with Crippen molar-refractivity contribution >= 4 is 17.4 Å². The molecule has 0 aliphatic carbocycles. The second kappa shape index (κ2) is 6.63. The van der Waals surface area contributed by atoms with Gasteiger partial charge in [0.05, 0.1) is 5.69 Å². The zero-order valence-electron chi connectivity index (χ0n) is 14.9. The van der Waals surface area contributed by atoms with E-state index in [4.69, 9.17) is 4.98 Å². The Morgan fingerprint density at radius 2 is 2.08 bits per heavy atom. The fourth-order valence-corrected chi connectivity index (χ4v) is 3.04. The number of hydrogen-bond donors (Lipinski definition) is 2. The number of rotatable bonds is 3. The topological polar surface area (TPSA) is 54.0 Å². The maximum Gasteiger partial charge on any atom is 0.228 e. The Labute approximate surface area is 143 Å². The Bertz CT molecular complexity index is 781.